The van der Waals surface area contributed by atoms with Crippen LogP contribution in [0.1, 0.15) is 26.7 Å². The van der Waals surface area contributed by atoms with Crippen molar-refractivity contribution in [2.24, 2.45) is 4.99 Å². The Morgan fingerprint density at radius 2 is 2.00 bits per heavy atom. The number of aryl methyl sites for hydroxylation is 1. The first-order chi connectivity index (χ1) is 8.77. The number of anilines is 1. The second-order valence-corrected chi connectivity index (χ2v) is 4.34. The molecule has 0 aliphatic heterocycles. The molecule has 0 aliphatic rings. The highest BCUT2D eigenvalue weighted by molar-refractivity contribution is 5.78. The first-order valence-corrected chi connectivity index (χ1v) is 6.53. The van der Waals surface area contributed by atoms with E-state index >= 15 is 0 Å². The van der Waals surface area contributed by atoms with Gasteiger partial charge in [0, 0.05) is 18.5 Å². The minimum absolute atomic E-state index is 0.547. The number of hydrogen-bond donors (Lipinski definition) is 1. The highest BCUT2D eigenvalue weighted by atomic mass is 15.1. The second kappa shape index (κ2) is 5.67. The van der Waals surface area contributed by atoms with Gasteiger partial charge in [-0.25, -0.2) is 0 Å². The van der Waals surface area contributed by atoms with E-state index in [0.29, 0.717) is 5.95 Å². The fraction of sp³-hybridized carbons (Fsp3) is 0.429. The summed E-state index contributed by atoms with van der Waals surface area (Å²) >= 11 is 0. The van der Waals surface area contributed by atoms with E-state index in [1.165, 1.54) is 0 Å². The third-order valence-electron chi connectivity index (χ3n) is 2.87. The predicted molar refractivity (Wildman–Crippen MR) is 75.2 cm³/mol. The van der Waals surface area contributed by atoms with Crippen molar-refractivity contribution in [3.05, 3.63) is 29.8 Å². The molecule has 4 nitrogen and oxygen atoms in total. The highest BCUT2D eigenvalue weighted by Crippen LogP contribution is 2.13. The second-order valence-electron chi connectivity index (χ2n) is 4.34. The van der Waals surface area contributed by atoms with Crippen LogP contribution in [0.25, 0.3) is 10.9 Å². The summed E-state index contributed by atoms with van der Waals surface area (Å²) in [5.41, 5.74) is 7.91. The number of hydrogen-bond acceptors (Lipinski definition) is 3. The third kappa shape index (κ3) is 2.37. The van der Waals surface area contributed by atoms with E-state index < -0.39 is 0 Å². The van der Waals surface area contributed by atoms with Crippen LogP contribution in [0.2, 0.25) is 0 Å². The van der Waals surface area contributed by atoms with E-state index in [-0.39, 0.29) is 0 Å². The lowest BCUT2D eigenvalue weighted by Gasteiger charge is -2.12. The van der Waals surface area contributed by atoms with Crippen molar-refractivity contribution in [1.29, 1.82) is 0 Å². The van der Waals surface area contributed by atoms with Gasteiger partial charge in [-0.2, -0.15) is 4.98 Å². The maximum absolute atomic E-state index is 6.04. The average molecular weight is 244 g/mol. The van der Waals surface area contributed by atoms with Crippen molar-refractivity contribution in [3.63, 3.8) is 0 Å². The van der Waals surface area contributed by atoms with E-state index in [0.717, 1.165) is 42.3 Å². The molecule has 18 heavy (non-hydrogen) atoms. The molecule has 2 aromatic rings. The highest BCUT2D eigenvalue weighted by Gasteiger charge is 2.05. The van der Waals surface area contributed by atoms with Crippen LogP contribution in [0.5, 0.6) is 0 Å². The summed E-state index contributed by atoms with van der Waals surface area (Å²) in [4.78, 5) is 8.94. The molecule has 1 aromatic heterocycles. The zero-order valence-corrected chi connectivity index (χ0v) is 11.1. The van der Waals surface area contributed by atoms with Crippen LogP contribution < -0.4 is 11.2 Å². The maximum atomic E-state index is 6.04. The molecular formula is C14H20N4. The Hall–Kier alpha value is -1.84. The predicted octanol–water partition coefficient (Wildman–Crippen LogP) is 2.34. The Bertz CT molecular complexity index is 598. The van der Waals surface area contributed by atoms with Crippen LogP contribution in [0, 0.1) is 0 Å². The van der Waals surface area contributed by atoms with Crippen LogP contribution in [0.3, 0.4) is 0 Å². The van der Waals surface area contributed by atoms with Gasteiger partial charge in [-0.1, -0.05) is 26.0 Å². The third-order valence-corrected chi connectivity index (χ3v) is 2.87. The zero-order valence-electron chi connectivity index (χ0n) is 11.1. The SMILES string of the molecule is CCCN=c1nc(N)n(CCC)c2ccccc12. The lowest BCUT2D eigenvalue weighted by atomic mass is 10.2. The van der Waals surface area contributed by atoms with Gasteiger partial charge >= 0.3 is 0 Å². The number of para-hydroxylation sites is 1. The van der Waals surface area contributed by atoms with Gasteiger partial charge in [0.05, 0.1) is 5.52 Å². The zero-order chi connectivity index (χ0) is 13.0. The molecule has 0 radical (unpaired) electrons. The molecule has 1 aromatic carbocycles. The van der Waals surface area contributed by atoms with E-state index in [9.17, 15) is 0 Å². The molecule has 0 aliphatic carbocycles. The van der Waals surface area contributed by atoms with Gasteiger partial charge in [0.15, 0.2) is 5.49 Å². The summed E-state index contributed by atoms with van der Waals surface area (Å²) in [6.45, 7) is 5.91. The lowest BCUT2D eigenvalue weighted by molar-refractivity contribution is 0.692. The fourth-order valence-corrected chi connectivity index (χ4v) is 2.05. The minimum atomic E-state index is 0.547. The molecule has 2 N–H and O–H groups in total. The molecule has 0 spiro atoms. The normalized spacial score (nSPS) is 12.2. The van der Waals surface area contributed by atoms with Crippen LogP contribution in [0.4, 0.5) is 5.95 Å². The molecule has 2 rings (SSSR count). The summed E-state index contributed by atoms with van der Waals surface area (Å²) in [6.07, 6.45) is 2.05. The number of rotatable bonds is 4. The number of fused-ring (bicyclic) bond motifs is 1. The fourth-order valence-electron chi connectivity index (χ4n) is 2.05. The van der Waals surface area contributed by atoms with Gasteiger partial charge in [0.25, 0.3) is 0 Å². The monoisotopic (exact) mass is 244 g/mol. The van der Waals surface area contributed by atoms with E-state index in [2.05, 4.69) is 40.5 Å². The van der Waals surface area contributed by atoms with Crippen molar-refractivity contribution in [2.45, 2.75) is 33.2 Å². The summed E-state index contributed by atoms with van der Waals surface area (Å²) in [7, 11) is 0. The Kier molecular flexibility index (Phi) is 3.97. The van der Waals surface area contributed by atoms with Crippen molar-refractivity contribution in [2.75, 3.05) is 12.3 Å². The van der Waals surface area contributed by atoms with Gasteiger partial charge in [0.1, 0.15) is 0 Å². The Morgan fingerprint density at radius 3 is 2.72 bits per heavy atom. The first kappa shape index (κ1) is 12.6. The largest absolute Gasteiger partial charge is 0.369 e. The van der Waals surface area contributed by atoms with Gasteiger partial charge in [-0.05, 0) is 25.0 Å². The average Bonchev–Trinajstić information content (AvgIpc) is 2.40. The molecule has 0 saturated heterocycles. The lowest BCUT2D eigenvalue weighted by Crippen LogP contribution is -2.19. The molecule has 0 saturated carbocycles. The quantitative estimate of drug-likeness (QED) is 0.897. The maximum Gasteiger partial charge on any atom is 0.202 e. The molecule has 96 valence electrons. The van der Waals surface area contributed by atoms with Crippen molar-refractivity contribution in [3.8, 4) is 0 Å². The van der Waals surface area contributed by atoms with Crippen LogP contribution in [0.15, 0.2) is 29.3 Å². The summed E-state index contributed by atoms with van der Waals surface area (Å²) in [5, 5.41) is 1.08. The molecule has 1 heterocycles. The minimum Gasteiger partial charge on any atom is -0.369 e. The van der Waals surface area contributed by atoms with E-state index in [1.54, 1.807) is 0 Å². The Balaban J connectivity index is 2.72. The van der Waals surface area contributed by atoms with E-state index in [4.69, 9.17) is 5.73 Å². The van der Waals surface area contributed by atoms with Gasteiger partial charge < -0.3 is 10.3 Å². The van der Waals surface area contributed by atoms with Gasteiger partial charge in [-0.3, -0.25) is 4.99 Å². The number of nitrogens with two attached hydrogens (primary N) is 1. The van der Waals surface area contributed by atoms with E-state index in [1.807, 2.05) is 12.1 Å². The topological polar surface area (TPSA) is 56.2 Å². The van der Waals surface area contributed by atoms with Gasteiger partial charge in [0.2, 0.25) is 5.95 Å². The molecule has 0 unspecified atom stereocenters. The molecule has 0 bridgehead atoms. The number of benzene rings is 1. The molecule has 0 atom stereocenters. The van der Waals surface area contributed by atoms with Crippen molar-refractivity contribution in [1.82, 2.24) is 9.55 Å². The van der Waals surface area contributed by atoms with Crippen molar-refractivity contribution < 1.29 is 0 Å². The number of aromatic nitrogens is 2. The molecule has 0 amide bonds. The van der Waals surface area contributed by atoms with Crippen LogP contribution in [-0.2, 0) is 6.54 Å². The Morgan fingerprint density at radius 1 is 1.22 bits per heavy atom. The first-order valence-electron chi connectivity index (χ1n) is 6.53. The summed E-state index contributed by atoms with van der Waals surface area (Å²) in [5.74, 6) is 0.547. The standard InChI is InChI=1S/C14H20N4/c1-3-9-16-13-11-7-5-6-8-12(11)18(10-4-2)14(15)17-13/h5-8H,3-4,9-10H2,1-2H3,(H2,15,16,17). The molecular weight excluding hydrogens is 224 g/mol. The summed E-state index contributed by atoms with van der Waals surface area (Å²) < 4.78 is 2.06. The number of nitrogens with zero attached hydrogens (tertiary/aromatic N) is 3. The van der Waals surface area contributed by atoms with Crippen molar-refractivity contribution >= 4 is 16.9 Å². The molecule has 4 heteroatoms. The smallest absolute Gasteiger partial charge is 0.202 e. The van der Waals surface area contributed by atoms with Crippen LogP contribution >= 0.6 is 0 Å². The number of nitrogen functional groups attached to an aromatic ring is 1. The molecule has 0 fully saturated rings. The van der Waals surface area contributed by atoms with Crippen LogP contribution in [-0.4, -0.2) is 16.1 Å². The Labute approximate surface area is 107 Å². The summed E-state index contributed by atoms with van der Waals surface area (Å²) in [6, 6.07) is 8.18. The van der Waals surface area contributed by atoms with Gasteiger partial charge in [-0.15, -0.1) is 0 Å².